The number of pyridine rings is 1. The van der Waals surface area contributed by atoms with Gasteiger partial charge in [-0.3, -0.25) is 4.90 Å². The predicted molar refractivity (Wildman–Crippen MR) is 177 cm³/mol. The van der Waals surface area contributed by atoms with Crippen LogP contribution in [-0.4, -0.2) is 124 Å². The van der Waals surface area contributed by atoms with Crippen molar-refractivity contribution in [2.45, 2.75) is 26.3 Å². The van der Waals surface area contributed by atoms with E-state index in [1.165, 1.54) is 33.2 Å². The first kappa shape index (κ1) is 29.2. The highest BCUT2D eigenvalue weighted by atomic mass is 16.5. The van der Waals surface area contributed by atoms with E-state index >= 15 is 0 Å². The van der Waals surface area contributed by atoms with Crippen molar-refractivity contribution in [2.75, 3.05) is 110 Å². The molecule has 2 aromatic heterocycles. The molecular weight excluding hydrogens is 522 g/mol. The summed E-state index contributed by atoms with van der Waals surface area (Å²) in [5.74, 6) is 0. The molecule has 2 aliphatic rings. The molecule has 1 fully saturated rings. The van der Waals surface area contributed by atoms with Gasteiger partial charge >= 0.3 is 0 Å². The van der Waals surface area contributed by atoms with Gasteiger partial charge in [0.05, 0.1) is 34.4 Å². The van der Waals surface area contributed by atoms with E-state index < -0.39 is 0 Å². The minimum absolute atomic E-state index is 0.792. The van der Waals surface area contributed by atoms with E-state index in [1.54, 1.807) is 7.11 Å². The van der Waals surface area contributed by atoms with Gasteiger partial charge in [0.2, 0.25) is 0 Å². The van der Waals surface area contributed by atoms with Gasteiger partial charge in [-0.05, 0) is 64.3 Å². The second-order valence-electron chi connectivity index (χ2n) is 12.3. The van der Waals surface area contributed by atoms with E-state index in [0.29, 0.717) is 0 Å². The van der Waals surface area contributed by atoms with Crippen molar-refractivity contribution in [2.24, 2.45) is 0 Å². The van der Waals surface area contributed by atoms with Gasteiger partial charge in [0.15, 0.2) is 0 Å². The Hall–Kier alpha value is -2.91. The van der Waals surface area contributed by atoms with Gasteiger partial charge in [-0.1, -0.05) is 25.1 Å². The summed E-state index contributed by atoms with van der Waals surface area (Å²) in [5, 5.41) is 2.56. The largest absolute Gasteiger partial charge is 0.383 e. The molecule has 8 nitrogen and oxygen atoms in total. The van der Waals surface area contributed by atoms with Gasteiger partial charge in [0.1, 0.15) is 0 Å². The van der Waals surface area contributed by atoms with Crippen LogP contribution in [0.25, 0.3) is 32.8 Å². The summed E-state index contributed by atoms with van der Waals surface area (Å²) in [6.07, 6.45) is 2.28. The van der Waals surface area contributed by atoms with E-state index in [1.807, 2.05) is 0 Å². The molecule has 0 unspecified atom stereocenters. The fraction of sp³-hybridized carbons (Fsp3) is 0.559. The number of benzene rings is 2. The molecule has 0 aliphatic carbocycles. The van der Waals surface area contributed by atoms with Crippen molar-refractivity contribution in [3.8, 4) is 0 Å². The van der Waals surface area contributed by atoms with Crippen LogP contribution in [0.4, 0.5) is 11.4 Å². The number of piperazine rings is 1. The molecule has 2 aliphatic heterocycles. The van der Waals surface area contributed by atoms with Crippen LogP contribution >= 0.6 is 0 Å². The molecule has 4 heterocycles. The molecular formula is C34H49N7O. The minimum atomic E-state index is 0.792. The second kappa shape index (κ2) is 13.2. The molecule has 0 radical (unpaired) electrons. The van der Waals surface area contributed by atoms with Crippen LogP contribution in [0.1, 0.15) is 19.8 Å². The SMILES string of the molecule is CCN(CCCN1CCCn2c3ccccc3c3nc4cc(N5CCN(CCN(C)C)CC5)ccc4c1c32)CCOC. The lowest BCUT2D eigenvalue weighted by atomic mass is 10.1. The number of para-hydroxylation sites is 1. The number of rotatable bonds is 12. The molecule has 226 valence electrons. The third-order valence-corrected chi connectivity index (χ3v) is 9.33. The summed E-state index contributed by atoms with van der Waals surface area (Å²) in [6.45, 7) is 16.0. The average molecular weight is 572 g/mol. The number of aromatic nitrogens is 2. The van der Waals surface area contributed by atoms with Crippen LogP contribution in [0.3, 0.4) is 0 Å². The summed E-state index contributed by atoms with van der Waals surface area (Å²) in [5.41, 5.74) is 7.58. The Morgan fingerprint density at radius 2 is 1.71 bits per heavy atom. The van der Waals surface area contributed by atoms with Crippen LogP contribution in [0.15, 0.2) is 42.5 Å². The Bertz CT molecular complexity index is 1490. The van der Waals surface area contributed by atoms with Gasteiger partial charge in [0.25, 0.3) is 0 Å². The van der Waals surface area contributed by atoms with Gasteiger partial charge in [-0.15, -0.1) is 0 Å². The number of aryl methyl sites for hydroxylation is 1. The lowest BCUT2D eigenvalue weighted by Gasteiger charge is -2.36. The van der Waals surface area contributed by atoms with Crippen molar-refractivity contribution in [1.82, 2.24) is 24.3 Å². The standard InChI is InChI=1S/C34H49N7O/c1-5-37(24-25-42-4)14-8-15-40-16-9-17-41-31-11-7-6-10-29(31)32-34(41)33(40)28-13-12-27(26-30(28)35-32)39-22-20-38(21-23-39)19-18-36(2)3/h6-7,10-13,26H,5,8-9,14-25H2,1-4H3. The smallest absolute Gasteiger partial charge is 0.0988 e. The van der Waals surface area contributed by atoms with Crippen LogP contribution in [0.5, 0.6) is 0 Å². The van der Waals surface area contributed by atoms with E-state index in [-0.39, 0.29) is 0 Å². The van der Waals surface area contributed by atoms with Crippen LogP contribution in [0.2, 0.25) is 0 Å². The van der Waals surface area contributed by atoms with E-state index in [4.69, 9.17) is 9.72 Å². The topological polar surface area (TPSA) is 43.2 Å². The monoisotopic (exact) mass is 571 g/mol. The highest BCUT2D eigenvalue weighted by Gasteiger charge is 2.25. The Morgan fingerprint density at radius 3 is 2.50 bits per heavy atom. The van der Waals surface area contributed by atoms with E-state index in [2.05, 4.69) is 92.6 Å². The molecule has 4 aromatic rings. The molecule has 42 heavy (non-hydrogen) atoms. The maximum Gasteiger partial charge on any atom is 0.0988 e. The van der Waals surface area contributed by atoms with Gasteiger partial charge in [0, 0.05) is 89.0 Å². The number of hydrogen-bond donors (Lipinski definition) is 0. The minimum Gasteiger partial charge on any atom is -0.383 e. The van der Waals surface area contributed by atoms with E-state index in [9.17, 15) is 0 Å². The lowest BCUT2D eigenvalue weighted by molar-refractivity contribution is 0.150. The molecule has 0 spiro atoms. The van der Waals surface area contributed by atoms with Crippen molar-refractivity contribution < 1.29 is 4.74 Å². The van der Waals surface area contributed by atoms with Crippen LogP contribution in [0, 0.1) is 0 Å². The Labute approximate surface area is 251 Å². The second-order valence-corrected chi connectivity index (χ2v) is 12.3. The number of hydrogen-bond acceptors (Lipinski definition) is 7. The van der Waals surface area contributed by atoms with Crippen molar-refractivity contribution in [3.05, 3.63) is 42.5 Å². The summed E-state index contributed by atoms with van der Waals surface area (Å²) < 4.78 is 7.90. The third kappa shape index (κ3) is 5.95. The zero-order chi connectivity index (χ0) is 29.1. The lowest BCUT2D eigenvalue weighted by Crippen LogP contribution is -2.48. The zero-order valence-electron chi connectivity index (χ0n) is 26.2. The molecule has 1 saturated heterocycles. The number of fused-ring (bicyclic) bond motifs is 5. The van der Waals surface area contributed by atoms with Crippen LogP contribution in [-0.2, 0) is 11.3 Å². The Balaban J connectivity index is 1.34. The van der Waals surface area contributed by atoms with Gasteiger partial charge < -0.3 is 28.9 Å². The highest BCUT2D eigenvalue weighted by molar-refractivity contribution is 6.17. The van der Waals surface area contributed by atoms with Gasteiger partial charge in [-0.25, -0.2) is 4.98 Å². The summed E-state index contributed by atoms with van der Waals surface area (Å²) in [6, 6.07) is 15.9. The number of ether oxygens (including phenoxy) is 1. The number of anilines is 2. The van der Waals surface area contributed by atoms with Crippen molar-refractivity contribution in [3.63, 3.8) is 0 Å². The molecule has 8 heteroatoms. The molecule has 0 saturated carbocycles. The molecule has 0 bridgehead atoms. The molecule has 6 rings (SSSR count). The fourth-order valence-corrected chi connectivity index (χ4v) is 6.91. The third-order valence-electron chi connectivity index (χ3n) is 9.33. The number of likely N-dealkylation sites (N-methyl/N-ethyl adjacent to an activating group) is 2. The quantitative estimate of drug-likeness (QED) is 0.246. The average Bonchev–Trinajstić information content (AvgIpc) is 3.19. The van der Waals surface area contributed by atoms with Gasteiger partial charge in [-0.2, -0.15) is 0 Å². The normalized spacial score (nSPS) is 16.5. The Kier molecular flexibility index (Phi) is 9.14. The first-order valence-corrected chi connectivity index (χ1v) is 16.0. The van der Waals surface area contributed by atoms with Crippen molar-refractivity contribution >= 4 is 44.2 Å². The van der Waals surface area contributed by atoms with Crippen molar-refractivity contribution in [1.29, 1.82) is 0 Å². The number of nitrogens with zero attached hydrogens (tertiary/aromatic N) is 7. The molecule has 0 N–H and O–H groups in total. The predicted octanol–water partition coefficient (Wildman–Crippen LogP) is 4.59. The first-order valence-electron chi connectivity index (χ1n) is 16.0. The number of methoxy groups -OCH3 is 1. The molecule has 0 amide bonds. The Morgan fingerprint density at radius 1 is 0.881 bits per heavy atom. The fourth-order valence-electron chi connectivity index (χ4n) is 6.91. The highest BCUT2D eigenvalue weighted by Crippen LogP contribution is 2.41. The summed E-state index contributed by atoms with van der Waals surface area (Å²) >= 11 is 0. The zero-order valence-corrected chi connectivity index (χ0v) is 26.2. The maximum absolute atomic E-state index is 5.41. The van der Waals surface area contributed by atoms with Crippen LogP contribution < -0.4 is 9.80 Å². The summed E-state index contributed by atoms with van der Waals surface area (Å²) in [7, 11) is 6.11. The van der Waals surface area contributed by atoms with E-state index in [0.717, 1.165) is 109 Å². The molecule has 0 atom stereocenters. The summed E-state index contributed by atoms with van der Waals surface area (Å²) in [4.78, 5) is 18.0. The maximum atomic E-state index is 5.41. The first-order chi connectivity index (χ1) is 20.6. The molecule has 2 aromatic carbocycles.